The van der Waals surface area contributed by atoms with Gasteiger partial charge in [0.05, 0.1) is 5.69 Å². The number of aliphatic hydroxyl groups excluding tert-OH is 1. The molecule has 0 bridgehead atoms. The Balaban J connectivity index is 2.03. The molecule has 1 unspecified atom stereocenters. The van der Waals surface area contributed by atoms with Crippen LogP contribution in [0.5, 0.6) is 0 Å². The first-order valence-corrected chi connectivity index (χ1v) is 5.88. The molecule has 2 aromatic heterocycles. The lowest BCUT2D eigenvalue weighted by Gasteiger charge is -2.02. The van der Waals surface area contributed by atoms with Crippen LogP contribution in [-0.2, 0) is 7.05 Å². The van der Waals surface area contributed by atoms with Gasteiger partial charge in [-0.1, -0.05) is 11.6 Å². The molecule has 0 aliphatic carbocycles. The lowest BCUT2D eigenvalue weighted by atomic mass is 10.2. The zero-order chi connectivity index (χ0) is 12.7. The molecule has 0 saturated carbocycles. The first kappa shape index (κ1) is 11.3. The van der Waals surface area contributed by atoms with E-state index in [-0.39, 0.29) is 0 Å². The number of rotatable bonds is 2. The minimum absolute atomic E-state index is 0.464. The molecular weight excluding hydrogens is 252 g/mol. The third kappa shape index (κ3) is 1.89. The van der Waals surface area contributed by atoms with Crippen molar-refractivity contribution in [3.63, 3.8) is 0 Å². The Morgan fingerprint density at radius 2 is 2.17 bits per heavy atom. The maximum absolute atomic E-state index is 10.2. The number of halogens is 1. The van der Waals surface area contributed by atoms with Gasteiger partial charge in [0.15, 0.2) is 6.10 Å². The second-order valence-corrected chi connectivity index (χ2v) is 4.58. The molecule has 0 spiro atoms. The van der Waals surface area contributed by atoms with E-state index in [4.69, 9.17) is 16.0 Å². The van der Waals surface area contributed by atoms with E-state index >= 15 is 0 Å². The largest absolute Gasteiger partial charge is 0.458 e. The molecule has 3 rings (SSSR count). The van der Waals surface area contributed by atoms with E-state index in [0.717, 1.165) is 5.39 Å². The van der Waals surface area contributed by atoms with Crippen LogP contribution in [0.15, 0.2) is 40.9 Å². The zero-order valence-electron chi connectivity index (χ0n) is 9.67. The molecule has 0 aliphatic heterocycles. The third-order valence-electron chi connectivity index (χ3n) is 2.78. The molecule has 5 heteroatoms. The highest BCUT2D eigenvalue weighted by atomic mass is 35.5. The van der Waals surface area contributed by atoms with Crippen molar-refractivity contribution in [3.8, 4) is 0 Å². The minimum atomic E-state index is -0.864. The summed E-state index contributed by atoms with van der Waals surface area (Å²) in [5, 5.41) is 15.8. The maximum Gasteiger partial charge on any atom is 0.155 e. The Morgan fingerprint density at radius 3 is 2.89 bits per heavy atom. The van der Waals surface area contributed by atoms with Crippen molar-refractivity contribution < 1.29 is 9.52 Å². The summed E-state index contributed by atoms with van der Waals surface area (Å²) in [7, 11) is 1.80. The summed E-state index contributed by atoms with van der Waals surface area (Å²) < 4.78 is 7.23. The van der Waals surface area contributed by atoms with E-state index in [0.29, 0.717) is 22.1 Å². The van der Waals surface area contributed by atoms with E-state index < -0.39 is 6.10 Å². The van der Waals surface area contributed by atoms with Crippen LogP contribution in [0.1, 0.15) is 17.6 Å². The third-order valence-corrected chi connectivity index (χ3v) is 3.02. The van der Waals surface area contributed by atoms with Crippen molar-refractivity contribution in [2.45, 2.75) is 6.10 Å². The van der Waals surface area contributed by atoms with Gasteiger partial charge in [-0.25, -0.2) is 0 Å². The highest BCUT2D eigenvalue weighted by Crippen LogP contribution is 2.28. The zero-order valence-corrected chi connectivity index (χ0v) is 10.4. The fraction of sp³-hybridized carbons (Fsp3) is 0.154. The van der Waals surface area contributed by atoms with Gasteiger partial charge >= 0.3 is 0 Å². The Labute approximate surface area is 108 Å². The summed E-state index contributed by atoms with van der Waals surface area (Å²) in [4.78, 5) is 0. The number of fused-ring (bicyclic) bond motifs is 1. The highest BCUT2D eigenvalue weighted by Gasteiger charge is 2.17. The van der Waals surface area contributed by atoms with Gasteiger partial charge in [-0.3, -0.25) is 4.68 Å². The van der Waals surface area contributed by atoms with E-state index in [2.05, 4.69) is 5.10 Å². The molecule has 0 fully saturated rings. The lowest BCUT2D eigenvalue weighted by Crippen LogP contribution is -2.00. The van der Waals surface area contributed by atoms with Crippen molar-refractivity contribution in [1.29, 1.82) is 0 Å². The summed E-state index contributed by atoms with van der Waals surface area (Å²) >= 11 is 5.91. The minimum Gasteiger partial charge on any atom is -0.458 e. The van der Waals surface area contributed by atoms with Crippen molar-refractivity contribution in [2.24, 2.45) is 7.05 Å². The van der Waals surface area contributed by atoms with Gasteiger partial charge in [0.2, 0.25) is 0 Å². The topological polar surface area (TPSA) is 51.2 Å². The van der Waals surface area contributed by atoms with Gasteiger partial charge in [-0.2, -0.15) is 5.10 Å². The average Bonchev–Trinajstić information content (AvgIpc) is 2.93. The average molecular weight is 263 g/mol. The summed E-state index contributed by atoms with van der Waals surface area (Å²) in [6.45, 7) is 0. The standard InChI is InChI=1S/C13H11ClN2O2/c1-16-5-4-10(15-16)13(17)12-7-8-6-9(14)2-3-11(8)18-12/h2-7,13,17H,1H3. The van der Waals surface area contributed by atoms with Crippen LogP contribution in [0.3, 0.4) is 0 Å². The van der Waals surface area contributed by atoms with Gasteiger partial charge < -0.3 is 9.52 Å². The van der Waals surface area contributed by atoms with Crippen LogP contribution in [0, 0.1) is 0 Å². The predicted molar refractivity (Wildman–Crippen MR) is 68.5 cm³/mol. The Kier molecular flexibility index (Phi) is 2.61. The second-order valence-electron chi connectivity index (χ2n) is 4.15. The maximum atomic E-state index is 10.2. The SMILES string of the molecule is Cn1ccc(C(O)c2cc3cc(Cl)ccc3o2)n1. The van der Waals surface area contributed by atoms with Crippen LogP contribution in [0.4, 0.5) is 0 Å². The number of hydrogen-bond acceptors (Lipinski definition) is 3. The monoisotopic (exact) mass is 262 g/mol. The number of aliphatic hydroxyl groups is 1. The molecule has 1 N–H and O–H groups in total. The predicted octanol–water partition coefficient (Wildman–Crippen LogP) is 2.90. The summed E-state index contributed by atoms with van der Waals surface area (Å²) in [6.07, 6.45) is 0.912. The molecule has 0 amide bonds. The number of furan rings is 1. The molecule has 0 aliphatic rings. The Hall–Kier alpha value is -1.78. The molecule has 92 valence electrons. The van der Waals surface area contributed by atoms with Crippen molar-refractivity contribution in [3.05, 3.63) is 53.0 Å². The number of benzene rings is 1. The molecule has 2 heterocycles. The van der Waals surface area contributed by atoms with E-state index in [1.807, 2.05) is 0 Å². The quantitative estimate of drug-likeness (QED) is 0.773. The highest BCUT2D eigenvalue weighted by molar-refractivity contribution is 6.31. The normalized spacial score (nSPS) is 13.1. The fourth-order valence-electron chi connectivity index (χ4n) is 1.89. The van der Waals surface area contributed by atoms with Crippen LogP contribution in [-0.4, -0.2) is 14.9 Å². The van der Waals surface area contributed by atoms with Gasteiger partial charge in [-0.15, -0.1) is 0 Å². The first-order chi connectivity index (χ1) is 8.63. The molecule has 0 saturated heterocycles. The summed E-state index contributed by atoms with van der Waals surface area (Å²) in [5.41, 5.74) is 1.26. The van der Waals surface area contributed by atoms with Crippen LogP contribution in [0.25, 0.3) is 11.0 Å². The molecular formula is C13H11ClN2O2. The van der Waals surface area contributed by atoms with Crippen molar-refractivity contribution in [2.75, 3.05) is 0 Å². The van der Waals surface area contributed by atoms with Crippen LogP contribution in [0.2, 0.25) is 5.02 Å². The number of aromatic nitrogens is 2. The molecule has 3 aromatic rings. The first-order valence-electron chi connectivity index (χ1n) is 5.50. The molecule has 4 nitrogen and oxygen atoms in total. The fourth-order valence-corrected chi connectivity index (χ4v) is 2.07. The molecule has 0 radical (unpaired) electrons. The number of aryl methyl sites for hydroxylation is 1. The second kappa shape index (κ2) is 4.15. The van der Waals surface area contributed by atoms with Gasteiger partial charge in [0.25, 0.3) is 0 Å². The van der Waals surface area contributed by atoms with E-state index in [1.165, 1.54) is 0 Å². The van der Waals surface area contributed by atoms with E-state index in [9.17, 15) is 5.11 Å². The van der Waals surface area contributed by atoms with E-state index in [1.54, 1.807) is 48.3 Å². The molecule has 18 heavy (non-hydrogen) atoms. The lowest BCUT2D eigenvalue weighted by molar-refractivity contribution is 0.187. The molecule has 1 atom stereocenters. The summed E-state index contributed by atoms with van der Waals surface area (Å²) in [6, 6.07) is 8.87. The van der Waals surface area contributed by atoms with Crippen LogP contribution < -0.4 is 0 Å². The van der Waals surface area contributed by atoms with Gasteiger partial charge in [0.1, 0.15) is 11.3 Å². The Bertz CT molecular complexity index is 702. The number of nitrogens with zero attached hydrogens (tertiary/aromatic N) is 2. The molecule has 1 aromatic carbocycles. The smallest absolute Gasteiger partial charge is 0.155 e. The van der Waals surface area contributed by atoms with Crippen molar-refractivity contribution in [1.82, 2.24) is 9.78 Å². The van der Waals surface area contributed by atoms with Crippen molar-refractivity contribution >= 4 is 22.6 Å². The number of hydrogen-bond donors (Lipinski definition) is 1. The van der Waals surface area contributed by atoms with Crippen LogP contribution >= 0.6 is 11.6 Å². The van der Waals surface area contributed by atoms with Gasteiger partial charge in [0, 0.05) is 23.7 Å². The van der Waals surface area contributed by atoms with Gasteiger partial charge in [-0.05, 0) is 30.3 Å². The summed E-state index contributed by atoms with van der Waals surface area (Å²) in [5.74, 6) is 0.464. The Morgan fingerprint density at radius 1 is 1.33 bits per heavy atom.